The van der Waals surface area contributed by atoms with Crippen molar-refractivity contribution in [3.8, 4) is 22.8 Å². The lowest BCUT2D eigenvalue weighted by Gasteiger charge is -2.07. The van der Waals surface area contributed by atoms with Crippen LogP contribution in [0.2, 0.25) is 5.15 Å². The Hall–Kier alpha value is -2.27. The van der Waals surface area contributed by atoms with Crippen LogP contribution in [0.1, 0.15) is 0 Å². The smallest absolute Gasteiger partial charge is 0.160 e. The van der Waals surface area contributed by atoms with Crippen molar-refractivity contribution in [2.75, 3.05) is 7.11 Å². The summed E-state index contributed by atoms with van der Waals surface area (Å²) in [6.45, 7) is 0. The summed E-state index contributed by atoms with van der Waals surface area (Å²) in [4.78, 5) is 4.43. The number of halogens is 1. The second-order valence-corrected chi connectivity index (χ2v) is 4.34. The number of hydrogen-bond donors (Lipinski definition) is 1. The summed E-state index contributed by atoms with van der Waals surface area (Å²) in [5.74, 6) is 0.478. The van der Waals surface area contributed by atoms with E-state index in [2.05, 4.69) is 10.1 Å². The molecule has 0 atom stereocenters. The molecule has 0 bridgehead atoms. The highest BCUT2D eigenvalue weighted by atomic mass is 35.5. The Morgan fingerprint density at radius 2 is 2.11 bits per heavy atom. The summed E-state index contributed by atoms with van der Waals surface area (Å²) in [5.41, 5.74) is 2.07. The molecule has 2 aromatic heterocycles. The van der Waals surface area contributed by atoms with Crippen molar-refractivity contribution >= 4 is 17.2 Å². The molecule has 5 nitrogen and oxygen atoms in total. The SMILES string of the molecule is COc1ccc(-c2cc(Cl)n3nccc3n2)cc1O. The molecular weight excluding hydrogens is 266 g/mol. The van der Waals surface area contributed by atoms with Gasteiger partial charge in [-0.3, -0.25) is 0 Å². The Bertz CT molecular complexity index is 755. The van der Waals surface area contributed by atoms with Gasteiger partial charge in [-0.25, -0.2) is 9.50 Å². The van der Waals surface area contributed by atoms with Gasteiger partial charge < -0.3 is 9.84 Å². The summed E-state index contributed by atoms with van der Waals surface area (Å²) < 4.78 is 6.54. The van der Waals surface area contributed by atoms with Gasteiger partial charge in [-0.1, -0.05) is 11.6 Å². The van der Waals surface area contributed by atoms with Crippen LogP contribution in [0.25, 0.3) is 16.9 Å². The summed E-state index contributed by atoms with van der Waals surface area (Å²) in [6, 6.07) is 8.54. The molecule has 0 amide bonds. The van der Waals surface area contributed by atoms with Gasteiger partial charge >= 0.3 is 0 Å². The number of hydrogen-bond acceptors (Lipinski definition) is 4. The molecule has 0 unspecified atom stereocenters. The van der Waals surface area contributed by atoms with Crippen molar-refractivity contribution < 1.29 is 9.84 Å². The van der Waals surface area contributed by atoms with Crippen molar-refractivity contribution in [1.82, 2.24) is 14.6 Å². The largest absolute Gasteiger partial charge is 0.504 e. The molecule has 0 aliphatic heterocycles. The van der Waals surface area contributed by atoms with Gasteiger partial charge in [0.1, 0.15) is 5.15 Å². The molecule has 0 fully saturated rings. The number of aromatic nitrogens is 3. The van der Waals surface area contributed by atoms with Crippen molar-refractivity contribution in [2.24, 2.45) is 0 Å². The van der Waals surface area contributed by atoms with Crippen LogP contribution >= 0.6 is 11.6 Å². The maximum Gasteiger partial charge on any atom is 0.160 e. The van der Waals surface area contributed by atoms with E-state index in [0.717, 1.165) is 5.56 Å². The molecule has 6 heteroatoms. The zero-order chi connectivity index (χ0) is 13.4. The van der Waals surface area contributed by atoms with Gasteiger partial charge in [0.25, 0.3) is 0 Å². The standard InChI is InChI=1S/C13H10ClN3O2/c1-19-11-3-2-8(6-10(11)18)9-7-12(14)17-13(16-9)4-5-15-17/h2-7,18H,1H3. The first-order chi connectivity index (χ1) is 9.19. The van der Waals surface area contributed by atoms with Crippen LogP contribution in [0, 0.1) is 0 Å². The minimum absolute atomic E-state index is 0.0614. The summed E-state index contributed by atoms with van der Waals surface area (Å²) in [5, 5.41) is 14.3. The Morgan fingerprint density at radius 1 is 1.26 bits per heavy atom. The van der Waals surface area contributed by atoms with Crippen LogP contribution in [-0.4, -0.2) is 26.8 Å². The molecule has 0 saturated carbocycles. The number of benzene rings is 1. The zero-order valence-electron chi connectivity index (χ0n) is 10.0. The molecule has 3 rings (SSSR count). The van der Waals surface area contributed by atoms with Gasteiger partial charge in [0.05, 0.1) is 19.0 Å². The van der Waals surface area contributed by atoms with Gasteiger partial charge in [-0.15, -0.1) is 0 Å². The maximum atomic E-state index is 9.79. The van der Waals surface area contributed by atoms with E-state index in [4.69, 9.17) is 16.3 Å². The average Bonchev–Trinajstić information content (AvgIpc) is 2.87. The monoisotopic (exact) mass is 275 g/mol. The Kier molecular flexibility index (Phi) is 2.76. The van der Waals surface area contributed by atoms with Crippen LogP contribution in [0.15, 0.2) is 36.5 Å². The average molecular weight is 276 g/mol. The maximum absolute atomic E-state index is 9.79. The van der Waals surface area contributed by atoms with Crippen LogP contribution < -0.4 is 4.74 Å². The van der Waals surface area contributed by atoms with E-state index in [1.54, 1.807) is 30.5 Å². The first-order valence-electron chi connectivity index (χ1n) is 5.56. The quantitative estimate of drug-likeness (QED) is 0.731. The minimum atomic E-state index is 0.0614. The highest BCUT2D eigenvalue weighted by molar-refractivity contribution is 6.30. The zero-order valence-corrected chi connectivity index (χ0v) is 10.8. The molecule has 1 N–H and O–H groups in total. The number of fused-ring (bicyclic) bond motifs is 1. The van der Waals surface area contributed by atoms with E-state index in [1.807, 2.05) is 6.07 Å². The lowest BCUT2D eigenvalue weighted by atomic mass is 10.1. The van der Waals surface area contributed by atoms with Gasteiger partial charge in [0.15, 0.2) is 17.1 Å². The summed E-state index contributed by atoms with van der Waals surface area (Å²) >= 11 is 6.13. The van der Waals surface area contributed by atoms with Crippen molar-refractivity contribution in [1.29, 1.82) is 0 Å². The lowest BCUT2D eigenvalue weighted by molar-refractivity contribution is 0.373. The first-order valence-corrected chi connectivity index (χ1v) is 5.94. The van der Waals surface area contributed by atoms with Gasteiger partial charge in [0, 0.05) is 17.7 Å². The third-order valence-electron chi connectivity index (χ3n) is 2.79. The highest BCUT2D eigenvalue weighted by Gasteiger charge is 2.09. The molecule has 1 aromatic carbocycles. The fourth-order valence-electron chi connectivity index (χ4n) is 1.87. The number of rotatable bonds is 2. The molecule has 0 saturated heterocycles. The van der Waals surface area contributed by atoms with E-state index >= 15 is 0 Å². The van der Waals surface area contributed by atoms with E-state index in [1.165, 1.54) is 11.6 Å². The van der Waals surface area contributed by atoms with Crippen LogP contribution in [0.4, 0.5) is 0 Å². The molecule has 2 heterocycles. The van der Waals surface area contributed by atoms with Gasteiger partial charge in [0.2, 0.25) is 0 Å². The molecule has 0 aliphatic carbocycles. The first kappa shape index (κ1) is 11.8. The summed E-state index contributed by atoms with van der Waals surface area (Å²) in [6.07, 6.45) is 1.63. The molecular formula is C13H10ClN3O2. The number of phenolic OH excluding ortho intramolecular Hbond substituents is 1. The second kappa shape index (κ2) is 4.44. The highest BCUT2D eigenvalue weighted by Crippen LogP contribution is 2.31. The minimum Gasteiger partial charge on any atom is -0.504 e. The van der Waals surface area contributed by atoms with Crippen LogP contribution in [0.5, 0.6) is 11.5 Å². The molecule has 0 spiro atoms. The van der Waals surface area contributed by atoms with E-state index in [-0.39, 0.29) is 5.75 Å². The number of ether oxygens (including phenoxy) is 1. The summed E-state index contributed by atoms with van der Waals surface area (Å²) in [7, 11) is 1.50. The molecule has 0 aliphatic rings. The van der Waals surface area contributed by atoms with E-state index in [9.17, 15) is 5.11 Å². The van der Waals surface area contributed by atoms with Crippen molar-refractivity contribution in [2.45, 2.75) is 0 Å². The lowest BCUT2D eigenvalue weighted by Crippen LogP contribution is -1.94. The Morgan fingerprint density at radius 3 is 2.84 bits per heavy atom. The predicted octanol–water partition coefficient (Wildman–Crippen LogP) is 2.76. The van der Waals surface area contributed by atoms with Crippen LogP contribution in [0.3, 0.4) is 0 Å². The second-order valence-electron chi connectivity index (χ2n) is 3.95. The molecule has 3 aromatic rings. The third-order valence-corrected chi connectivity index (χ3v) is 3.06. The molecule has 96 valence electrons. The topological polar surface area (TPSA) is 59.7 Å². The fourth-order valence-corrected chi connectivity index (χ4v) is 2.11. The molecule has 0 radical (unpaired) electrons. The molecule has 19 heavy (non-hydrogen) atoms. The third kappa shape index (κ3) is 1.98. The van der Waals surface area contributed by atoms with Crippen molar-refractivity contribution in [3.63, 3.8) is 0 Å². The van der Waals surface area contributed by atoms with Gasteiger partial charge in [-0.2, -0.15) is 5.10 Å². The number of methoxy groups -OCH3 is 1. The van der Waals surface area contributed by atoms with E-state index in [0.29, 0.717) is 22.2 Å². The Balaban J connectivity index is 2.15. The number of nitrogens with zero attached hydrogens (tertiary/aromatic N) is 3. The van der Waals surface area contributed by atoms with E-state index < -0.39 is 0 Å². The fraction of sp³-hybridized carbons (Fsp3) is 0.0769. The normalized spacial score (nSPS) is 10.8. The predicted molar refractivity (Wildman–Crippen MR) is 71.6 cm³/mol. The Labute approximate surface area is 114 Å². The number of aromatic hydroxyl groups is 1. The number of phenols is 1. The van der Waals surface area contributed by atoms with Crippen molar-refractivity contribution in [3.05, 3.63) is 41.7 Å². The van der Waals surface area contributed by atoms with Crippen LogP contribution in [-0.2, 0) is 0 Å². The van der Waals surface area contributed by atoms with Gasteiger partial charge in [-0.05, 0) is 18.2 Å².